The van der Waals surface area contributed by atoms with E-state index < -0.39 is 17.8 Å². The lowest BCUT2D eigenvalue weighted by molar-refractivity contribution is -0.146. The van der Waals surface area contributed by atoms with Gasteiger partial charge in [0.1, 0.15) is 6.04 Å². The van der Waals surface area contributed by atoms with Gasteiger partial charge in [-0.15, -0.1) is 0 Å². The molecule has 1 aromatic rings. The van der Waals surface area contributed by atoms with Crippen molar-refractivity contribution in [3.05, 3.63) is 29.6 Å². The van der Waals surface area contributed by atoms with Gasteiger partial charge >= 0.3 is 5.97 Å². The zero-order chi connectivity index (χ0) is 15.1. The number of methoxy groups -OCH3 is 1. The molecule has 20 heavy (non-hydrogen) atoms. The Morgan fingerprint density at radius 3 is 2.65 bits per heavy atom. The highest BCUT2D eigenvalue weighted by atomic mass is 19.1. The van der Waals surface area contributed by atoms with Gasteiger partial charge in [-0.3, -0.25) is 4.79 Å². The first-order chi connectivity index (χ1) is 9.47. The minimum Gasteiger partial charge on any atom is -0.494 e. The molecule has 1 rings (SSSR count). The summed E-state index contributed by atoms with van der Waals surface area (Å²) >= 11 is 0. The number of hydrogen-bond acceptors (Lipinski definition) is 4. The summed E-state index contributed by atoms with van der Waals surface area (Å²) in [7, 11) is 1.37. The van der Waals surface area contributed by atoms with E-state index in [1.165, 1.54) is 26.2 Å². The largest absolute Gasteiger partial charge is 0.494 e. The van der Waals surface area contributed by atoms with Crippen LogP contribution >= 0.6 is 0 Å². The van der Waals surface area contributed by atoms with Crippen LogP contribution in [0, 0.1) is 5.82 Å². The Labute approximate surface area is 117 Å². The quantitative estimate of drug-likeness (QED) is 0.802. The van der Waals surface area contributed by atoms with E-state index in [1.807, 2.05) is 0 Å². The molecule has 0 aliphatic rings. The zero-order valence-electron chi connectivity index (χ0n) is 11.7. The molecule has 0 saturated heterocycles. The van der Waals surface area contributed by atoms with Crippen LogP contribution in [0.5, 0.6) is 5.75 Å². The van der Waals surface area contributed by atoms with Crippen LogP contribution in [-0.2, 0) is 20.7 Å². The first-order valence-electron chi connectivity index (χ1n) is 6.26. The Morgan fingerprint density at radius 1 is 1.40 bits per heavy atom. The molecule has 0 saturated carbocycles. The van der Waals surface area contributed by atoms with Gasteiger partial charge in [0.2, 0.25) is 5.91 Å². The van der Waals surface area contributed by atoms with Crippen LogP contribution in [-0.4, -0.2) is 31.6 Å². The third kappa shape index (κ3) is 4.53. The van der Waals surface area contributed by atoms with Gasteiger partial charge in [-0.25, -0.2) is 9.18 Å². The molecule has 1 N–H and O–H groups in total. The minimum atomic E-state index is -0.731. The summed E-state index contributed by atoms with van der Waals surface area (Å²) in [4.78, 5) is 23.1. The molecule has 0 heterocycles. The van der Waals surface area contributed by atoms with Crippen molar-refractivity contribution >= 4 is 11.9 Å². The van der Waals surface area contributed by atoms with Gasteiger partial charge in [0.25, 0.3) is 0 Å². The van der Waals surface area contributed by atoms with Gasteiger partial charge in [-0.05, 0) is 31.5 Å². The summed E-state index contributed by atoms with van der Waals surface area (Å²) in [6, 6.07) is 3.54. The zero-order valence-corrected chi connectivity index (χ0v) is 11.7. The van der Waals surface area contributed by atoms with Crippen LogP contribution in [0.2, 0.25) is 0 Å². The molecular formula is C14H18FNO4. The number of carbonyl (C=O) groups excluding carboxylic acids is 2. The number of benzene rings is 1. The van der Waals surface area contributed by atoms with Gasteiger partial charge in [0.15, 0.2) is 11.6 Å². The van der Waals surface area contributed by atoms with Gasteiger partial charge in [0.05, 0.1) is 20.1 Å². The fourth-order valence-corrected chi connectivity index (χ4v) is 1.62. The molecule has 0 aliphatic carbocycles. The SMILES string of the molecule is CCOC(=O)C(C)NC(=O)Cc1ccc(OC)c(F)c1. The van der Waals surface area contributed by atoms with Crippen LogP contribution < -0.4 is 10.1 Å². The van der Waals surface area contributed by atoms with E-state index >= 15 is 0 Å². The summed E-state index contributed by atoms with van der Waals surface area (Å²) in [5, 5.41) is 2.49. The summed E-state index contributed by atoms with van der Waals surface area (Å²) < 4.78 is 23.0. The average molecular weight is 283 g/mol. The third-order valence-corrected chi connectivity index (χ3v) is 2.60. The van der Waals surface area contributed by atoms with Gasteiger partial charge < -0.3 is 14.8 Å². The molecule has 110 valence electrons. The monoisotopic (exact) mass is 283 g/mol. The molecule has 0 bridgehead atoms. The molecule has 1 aromatic carbocycles. The average Bonchev–Trinajstić information content (AvgIpc) is 2.39. The van der Waals surface area contributed by atoms with Gasteiger partial charge in [-0.2, -0.15) is 0 Å². The number of esters is 1. The van der Waals surface area contributed by atoms with E-state index in [-0.39, 0.29) is 24.7 Å². The topological polar surface area (TPSA) is 64.6 Å². The Hall–Kier alpha value is -2.11. The number of rotatable bonds is 6. The number of ether oxygens (including phenoxy) is 2. The van der Waals surface area contributed by atoms with Crippen LogP contribution in [0.3, 0.4) is 0 Å². The fraction of sp³-hybridized carbons (Fsp3) is 0.429. The Kier molecular flexibility index (Phi) is 5.96. The van der Waals surface area contributed by atoms with Crippen LogP contribution in [0.4, 0.5) is 4.39 Å². The van der Waals surface area contributed by atoms with Crippen molar-refractivity contribution < 1.29 is 23.5 Å². The van der Waals surface area contributed by atoms with E-state index in [1.54, 1.807) is 13.0 Å². The van der Waals surface area contributed by atoms with E-state index in [4.69, 9.17) is 9.47 Å². The van der Waals surface area contributed by atoms with E-state index in [2.05, 4.69) is 5.32 Å². The molecular weight excluding hydrogens is 265 g/mol. The maximum Gasteiger partial charge on any atom is 0.328 e. The Bertz CT molecular complexity index is 490. The lowest BCUT2D eigenvalue weighted by atomic mass is 10.1. The van der Waals surface area contributed by atoms with Crippen molar-refractivity contribution in [2.24, 2.45) is 0 Å². The molecule has 0 fully saturated rings. The predicted octanol–water partition coefficient (Wildman–Crippen LogP) is 1.44. The number of amides is 1. The number of nitrogens with one attached hydrogen (secondary N) is 1. The van der Waals surface area contributed by atoms with Crippen molar-refractivity contribution in [2.45, 2.75) is 26.3 Å². The van der Waals surface area contributed by atoms with Crippen molar-refractivity contribution in [3.63, 3.8) is 0 Å². The maximum absolute atomic E-state index is 13.5. The Morgan fingerprint density at radius 2 is 2.10 bits per heavy atom. The summed E-state index contributed by atoms with van der Waals surface area (Å²) in [5.74, 6) is -1.29. The third-order valence-electron chi connectivity index (χ3n) is 2.60. The van der Waals surface area contributed by atoms with Crippen LogP contribution in [0.25, 0.3) is 0 Å². The van der Waals surface area contributed by atoms with Gasteiger partial charge in [0, 0.05) is 0 Å². The second-order valence-corrected chi connectivity index (χ2v) is 4.19. The van der Waals surface area contributed by atoms with E-state index in [0.717, 1.165) is 0 Å². The molecule has 5 nitrogen and oxygen atoms in total. The molecule has 0 aliphatic heterocycles. The number of carbonyl (C=O) groups is 2. The van der Waals surface area contributed by atoms with Gasteiger partial charge in [-0.1, -0.05) is 6.07 Å². The first kappa shape index (κ1) is 15.9. The van der Waals surface area contributed by atoms with Crippen molar-refractivity contribution in [1.29, 1.82) is 0 Å². The van der Waals surface area contributed by atoms with Crippen LogP contribution in [0.1, 0.15) is 19.4 Å². The number of halogens is 1. The minimum absolute atomic E-state index is 0.0232. The second-order valence-electron chi connectivity index (χ2n) is 4.19. The van der Waals surface area contributed by atoms with E-state index in [9.17, 15) is 14.0 Å². The molecule has 1 atom stereocenters. The highest BCUT2D eigenvalue weighted by Gasteiger charge is 2.17. The van der Waals surface area contributed by atoms with Crippen molar-refractivity contribution in [3.8, 4) is 5.75 Å². The summed E-state index contributed by atoms with van der Waals surface area (Å²) in [6.07, 6.45) is -0.0232. The highest BCUT2D eigenvalue weighted by molar-refractivity contribution is 5.85. The molecule has 0 aromatic heterocycles. The van der Waals surface area contributed by atoms with Crippen molar-refractivity contribution in [2.75, 3.05) is 13.7 Å². The predicted molar refractivity (Wildman–Crippen MR) is 70.9 cm³/mol. The van der Waals surface area contributed by atoms with Crippen molar-refractivity contribution in [1.82, 2.24) is 5.32 Å². The lowest BCUT2D eigenvalue weighted by Gasteiger charge is -2.12. The summed E-state index contributed by atoms with van der Waals surface area (Å²) in [6.45, 7) is 3.47. The highest BCUT2D eigenvalue weighted by Crippen LogP contribution is 2.17. The maximum atomic E-state index is 13.5. The smallest absolute Gasteiger partial charge is 0.328 e. The molecule has 6 heteroatoms. The molecule has 1 unspecified atom stereocenters. The fourth-order valence-electron chi connectivity index (χ4n) is 1.62. The molecule has 0 radical (unpaired) electrons. The van der Waals surface area contributed by atoms with E-state index in [0.29, 0.717) is 5.56 Å². The van der Waals surface area contributed by atoms with Crippen LogP contribution in [0.15, 0.2) is 18.2 Å². The number of hydrogen-bond donors (Lipinski definition) is 1. The summed E-state index contributed by atoms with van der Waals surface area (Å²) in [5.41, 5.74) is 0.497. The Balaban J connectivity index is 2.58. The second kappa shape index (κ2) is 7.47. The molecule has 1 amide bonds. The lowest BCUT2D eigenvalue weighted by Crippen LogP contribution is -2.40. The molecule has 0 spiro atoms. The normalized spacial score (nSPS) is 11.6. The standard InChI is InChI=1S/C14H18FNO4/c1-4-20-14(18)9(2)16-13(17)8-10-5-6-12(19-3)11(15)7-10/h5-7,9H,4,8H2,1-3H3,(H,16,17). The first-order valence-corrected chi connectivity index (χ1v) is 6.26.